The first-order chi connectivity index (χ1) is 37.0. The minimum Gasteiger partial charge on any atom is -0.466 e. The zero-order valence-electron chi connectivity index (χ0n) is 50.4. The molecule has 1 saturated heterocycles. The van der Waals surface area contributed by atoms with E-state index in [9.17, 15) is 54.0 Å². The number of esters is 1. The van der Waals surface area contributed by atoms with Crippen LogP contribution in [0.1, 0.15) is 149 Å². The fourth-order valence-electron chi connectivity index (χ4n) is 8.90. The zero-order valence-corrected chi connectivity index (χ0v) is 50.4. The van der Waals surface area contributed by atoms with Gasteiger partial charge in [-0.25, -0.2) is 19.2 Å². The molecule has 6 amide bonds. The minimum absolute atomic E-state index is 0.0309. The first kappa shape index (κ1) is 70.0. The van der Waals surface area contributed by atoms with Crippen molar-refractivity contribution >= 4 is 42.2 Å². The molecule has 2 fully saturated rings. The molecule has 0 aromatic heterocycles. The molecule has 1 saturated carbocycles. The number of likely N-dealkylation sites (N-methyl/N-ethyl adjacent to an activating group) is 1. The van der Waals surface area contributed by atoms with Gasteiger partial charge in [0.1, 0.15) is 69.9 Å². The minimum atomic E-state index is -1.97. The van der Waals surface area contributed by atoms with Crippen molar-refractivity contribution < 1.29 is 96.6 Å². The third-order valence-corrected chi connectivity index (χ3v) is 12.2. The van der Waals surface area contributed by atoms with E-state index in [2.05, 4.69) is 26.6 Å². The van der Waals surface area contributed by atoms with Crippen molar-refractivity contribution in [2.45, 2.75) is 250 Å². The Hall–Kier alpha value is -5.29. The molecule has 0 radical (unpaired) electrons. The third-order valence-electron chi connectivity index (χ3n) is 12.2. The summed E-state index contributed by atoms with van der Waals surface area (Å²) in [5.74, 6) is -3.13. The van der Waals surface area contributed by atoms with E-state index >= 15 is 0 Å². The molecule has 0 bridgehead atoms. The van der Waals surface area contributed by atoms with E-state index in [4.69, 9.17) is 48.4 Å². The van der Waals surface area contributed by atoms with Crippen LogP contribution in [-0.2, 0) is 57.0 Å². The summed E-state index contributed by atoms with van der Waals surface area (Å²) in [7, 11) is 1.29. The van der Waals surface area contributed by atoms with Gasteiger partial charge in [0.25, 0.3) is 0 Å². The zero-order chi connectivity index (χ0) is 61.8. The topological polar surface area (TPSA) is 373 Å². The summed E-state index contributed by atoms with van der Waals surface area (Å²) < 4.78 is 52.4. The SMILES string of the molecule is CN(C(=O)OC(C)(C)C)[C@@H]1[C@@H](O)[C@@H](O[C@@H]2[C@@H](O)[C@H](O[C@H]3OC(CN)=CC[C@H]3NC(=O)C(CCCNC(=O)OC(C)(C)C)CC(=O)OC(C)(C)C)[C@@H](NC(=O)OC(C)(C)C)C[C@H]2NC(=O)[C@@H](O)CCNC(=O)OC(C)(C)C)OC[C@]1(C)O. The van der Waals surface area contributed by atoms with Crippen LogP contribution in [0.2, 0.25) is 0 Å². The van der Waals surface area contributed by atoms with Crippen molar-refractivity contribution in [3.8, 4) is 0 Å². The Morgan fingerprint density at radius 3 is 1.70 bits per heavy atom. The Morgan fingerprint density at radius 1 is 0.679 bits per heavy atom. The summed E-state index contributed by atoms with van der Waals surface area (Å²) in [5, 5.41) is 60.8. The second-order valence-corrected chi connectivity index (χ2v) is 25.9. The number of nitrogens with one attached hydrogen (secondary N) is 5. The predicted octanol–water partition coefficient (Wildman–Crippen LogP) is 2.61. The van der Waals surface area contributed by atoms with Crippen LogP contribution in [0.4, 0.5) is 19.2 Å². The van der Waals surface area contributed by atoms with Crippen molar-refractivity contribution in [3.05, 3.63) is 11.8 Å². The second kappa shape index (κ2) is 28.8. The number of nitrogens with two attached hydrogens (primary N) is 1. The molecule has 1 aliphatic carbocycles. The van der Waals surface area contributed by atoms with E-state index in [-0.39, 0.29) is 63.9 Å². The number of carbonyl (C=O) groups excluding carboxylic acids is 7. The monoisotopic (exact) mass is 1160 g/mol. The van der Waals surface area contributed by atoms with Crippen molar-refractivity contribution in [1.29, 1.82) is 0 Å². The van der Waals surface area contributed by atoms with E-state index in [1.807, 2.05) is 0 Å². The highest BCUT2D eigenvalue weighted by Crippen LogP contribution is 2.35. The molecule has 81 heavy (non-hydrogen) atoms. The molecule has 2 heterocycles. The Labute approximate surface area is 476 Å². The molecule has 13 atom stereocenters. The maximum Gasteiger partial charge on any atom is 0.410 e. The summed E-state index contributed by atoms with van der Waals surface area (Å²) in [4.78, 5) is 94.4. The number of aliphatic hydroxyl groups is 4. The van der Waals surface area contributed by atoms with Crippen LogP contribution in [0.25, 0.3) is 0 Å². The summed E-state index contributed by atoms with van der Waals surface area (Å²) >= 11 is 0. The molecule has 466 valence electrons. The molecule has 3 rings (SSSR count). The van der Waals surface area contributed by atoms with Crippen molar-refractivity contribution in [1.82, 2.24) is 31.5 Å². The molecule has 3 aliphatic rings. The van der Waals surface area contributed by atoms with Crippen molar-refractivity contribution in [2.24, 2.45) is 11.7 Å². The van der Waals surface area contributed by atoms with Gasteiger partial charge in [-0.2, -0.15) is 0 Å². The highest BCUT2D eigenvalue weighted by Gasteiger charge is 2.55. The average molecular weight is 1160 g/mol. The van der Waals surface area contributed by atoms with Gasteiger partial charge in [0.15, 0.2) is 6.29 Å². The van der Waals surface area contributed by atoms with Gasteiger partial charge in [0, 0.05) is 26.1 Å². The van der Waals surface area contributed by atoms with Crippen LogP contribution in [0.15, 0.2) is 11.8 Å². The Balaban J connectivity index is 2.12. The number of alkyl carbamates (subject to hydrolysis) is 3. The van der Waals surface area contributed by atoms with E-state index in [0.717, 1.165) is 4.90 Å². The lowest BCUT2D eigenvalue weighted by atomic mass is 9.82. The van der Waals surface area contributed by atoms with Gasteiger partial charge in [0.05, 0.1) is 43.7 Å². The molecular formula is C54H95N7O20. The number of nitrogens with zero attached hydrogens (tertiary/aromatic N) is 1. The van der Waals surface area contributed by atoms with Crippen LogP contribution in [0.3, 0.4) is 0 Å². The first-order valence-corrected chi connectivity index (χ1v) is 27.4. The van der Waals surface area contributed by atoms with Gasteiger partial charge in [-0.3, -0.25) is 14.4 Å². The Bertz CT molecular complexity index is 2160. The summed E-state index contributed by atoms with van der Waals surface area (Å²) in [6.45, 7) is 25.4. The normalized spacial score (nSPS) is 27.1. The lowest BCUT2D eigenvalue weighted by Gasteiger charge is -2.50. The van der Waals surface area contributed by atoms with Crippen molar-refractivity contribution in [3.63, 3.8) is 0 Å². The second-order valence-electron chi connectivity index (χ2n) is 25.9. The summed E-state index contributed by atoms with van der Waals surface area (Å²) in [6.07, 6.45) is -14.7. The van der Waals surface area contributed by atoms with Crippen LogP contribution >= 0.6 is 0 Å². The molecule has 2 aliphatic heterocycles. The van der Waals surface area contributed by atoms with Crippen LogP contribution in [0, 0.1) is 5.92 Å². The molecule has 1 unspecified atom stereocenters. The van der Waals surface area contributed by atoms with E-state index in [0.29, 0.717) is 0 Å². The van der Waals surface area contributed by atoms with E-state index in [1.165, 1.54) is 14.0 Å². The molecule has 0 aromatic carbocycles. The highest BCUT2D eigenvalue weighted by atomic mass is 16.7. The van der Waals surface area contributed by atoms with Crippen LogP contribution in [-0.4, -0.2) is 202 Å². The van der Waals surface area contributed by atoms with Gasteiger partial charge in [-0.15, -0.1) is 0 Å². The van der Waals surface area contributed by atoms with Gasteiger partial charge in [0.2, 0.25) is 18.1 Å². The number of rotatable bonds is 20. The lowest BCUT2D eigenvalue weighted by molar-refractivity contribution is -0.311. The third kappa shape index (κ3) is 24.2. The van der Waals surface area contributed by atoms with Gasteiger partial charge in [-0.1, -0.05) is 0 Å². The number of ether oxygens (including phenoxy) is 9. The Morgan fingerprint density at radius 2 is 1.17 bits per heavy atom. The Kier molecular flexibility index (Phi) is 24.9. The summed E-state index contributed by atoms with van der Waals surface area (Å²) in [6, 6.07) is -5.28. The maximum atomic E-state index is 14.4. The average Bonchev–Trinajstić information content (AvgIpc) is 3.27. The van der Waals surface area contributed by atoms with Gasteiger partial charge < -0.3 is 100 Å². The van der Waals surface area contributed by atoms with Gasteiger partial charge >= 0.3 is 30.3 Å². The van der Waals surface area contributed by atoms with Gasteiger partial charge in [-0.05, 0) is 149 Å². The largest absolute Gasteiger partial charge is 0.466 e. The number of aliphatic hydroxyl groups excluding tert-OH is 3. The highest BCUT2D eigenvalue weighted by molar-refractivity contribution is 5.84. The summed E-state index contributed by atoms with van der Waals surface area (Å²) in [5.41, 5.74) is -0.372. The number of amides is 6. The molecule has 0 spiro atoms. The molecular weight excluding hydrogens is 1070 g/mol. The maximum absolute atomic E-state index is 14.4. The quantitative estimate of drug-likeness (QED) is 0.0476. The van der Waals surface area contributed by atoms with E-state index < -0.39 is 156 Å². The van der Waals surface area contributed by atoms with E-state index in [1.54, 1.807) is 110 Å². The molecule has 11 N–H and O–H groups in total. The smallest absolute Gasteiger partial charge is 0.410 e. The number of hydrogen-bond donors (Lipinski definition) is 10. The standard InChI is InChI=1S/C54H95N7O20/c1-49(2,3)77-35(63)25-29(19-18-23-56-45(68)78-50(4,5)6)41(66)58-31-21-20-30(27-55)74-43(31)75-39-33(60-47(70)80-52(10,11)12)26-32(59-42(67)34(62)22-24-57-46(69)79-51(7,8)9)38(36(39)64)76-44-37(65)40(54(16,72)28-73-44)61(17)48(71)81-53(13,14)15/h20,29,31-34,36-40,43-44,62,64-65,72H,18-19,21-28,55H2,1-17H3,(H,56,68)(H,57,69)(H,58,66)(H,59,67)(H,60,70)/t29?,31-,32-,33+,34+,36-,37-,38+,39-,40-,43-,44-,54+/m1/s1. The molecule has 0 aromatic rings. The fraction of sp³-hybridized carbons (Fsp3) is 0.833. The molecule has 27 heteroatoms. The van der Waals surface area contributed by atoms with Crippen molar-refractivity contribution in [2.75, 3.05) is 33.3 Å². The fourth-order valence-corrected chi connectivity index (χ4v) is 8.90. The van der Waals surface area contributed by atoms with Crippen LogP contribution < -0.4 is 32.3 Å². The molecule has 27 nitrogen and oxygen atoms in total. The number of hydrogen-bond acceptors (Lipinski definition) is 21. The first-order valence-electron chi connectivity index (χ1n) is 27.4. The predicted molar refractivity (Wildman–Crippen MR) is 290 cm³/mol. The lowest BCUT2D eigenvalue weighted by Crippen LogP contribution is -2.71. The van der Waals surface area contributed by atoms with Crippen LogP contribution in [0.5, 0.6) is 0 Å². The number of carbonyl (C=O) groups is 7.